The number of carbonyl (C=O) groups excluding carboxylic acids is 1. The molecule has 0 heterocycles. The van der Waals surface area contributed by atoms with E-state index in [9.17, 15) is 9.18 Å². The van der Waals surface area contributed by atoms with E-state index in [1.807, 2.05) is 0 Å². The second-order valence-corrected chi connectivity index (χ2v) is 4.33. The van der Waals surface area contributed by atoms with Crippen molar-refractivity contribution >= 4 is 5.97 Å². The number of benzene rings is 1. The number of hydrogen-bond acceptors (Lipinski definition) is 2. The van der Waals surface area contributed by atoms with E-state index in [1.165, 1.54) is 0 Å². The van der Waals surface area contributed by atoms with Crippen LogP contribution in [0, 0.1) is 0 Å². The molecular weight excluding hydrogens is 195 g/mol. The predicted octanol–water partition coefficient (Wildman–Crippen LogP) is 3.11. The summed E-state index contributed by atoms with van der Waals surface area (Å²) in [6.45, 7) is 4.90. The molecule has 15 heavy (non-hydrogen) atoms. The summed E-state index contributed by atoms with van der Waals surface area (Å²) in [5.41, 5.74) is 0.500. The minimum Gasteiger partial charge on any atom is -0.456 e. The molecule has 2 nitrogen and oxygen atoms in total. The van der Waals surface area contributed by atoms with Gasteiger partial charge in [-0.05, 0) is 38.5 Å². The molecule has 0 bridgehead atoms. The summed E-state index contributed by atoms with van der Waals surface area (Å²) in [6, 6.07) is 6.31. The quantitative estimate of drug-likeness (QED) is 0.701. The van der Waals surface area contributed by atoms with Crippen LogP contribution in [0.3, 0.4) is 0 Å². The van der Waals surface area contributed by atoms with E-state index in [4.69, 9.17) is 4.74 Å². The Balaban J connectivity index is 2.75. The van der Waals surface area contributed by atoms with E-state index >= 15 is 0 Å². The molecule has 0 N–H and O–H groups in total. The molecule has 0 aliphatic heterocycles. The van der Waals surface area contributed by atoms with Crippen molar-refractivity contribution in [1.29, 1.82) is 0 Å². The van der Waals surface area contributed by atoms with E-state index < -0.39 is 12.3 Å². The van der Waals surface area contributed by atoms with Crippen LogP contribution in [0.4, 0.5) is 4.39 Å². The fourth-order valence-electron chi connectivity index (χ4n) is 1.07. The van der Waals surface area contributed by atoms with Crippen molar-refractivity contribution < 1.29 is 13.9 Å². The van der Waals surface area contributed by atoms with Gasteiger partial charge >= 0.3 is 5.97 Å². The fraction of sp³-hybridized carbons (Fsp3) is 0.417. The topological polar surface area (TPSA) is 26.3 Å². The van der Waals surface area contributed by atoms with Crippen LogP contribution in [0.2, 0.25) is 0 Å². The molecule has 1 aromatic rings. The lowest BCUT2D eigenvalue weighted by atomic mass is 10.1. The van der Waals surface area contributed by atoms with Crippen molar-refractivity contribution in [3.05, 3.63) is 35.4 Å². The summed E-state index contributed by atoms with van der Waals surface area (Å²) < 4.78 is 17.4. The Kier molecular flexibility index (Phi) is 3.45. The van der Waals surface area contributed by atoms with Crippen molar-refractivity contribution in [3.63, 3.8) is 0 Å². The zero-order valence-electron chi connectivity index (χ0n) is 9.21. The third-order valence-electron chi connectivity index (χ3n) is 1.74. The first-order chi connectivity index (χ1) is 6.92. The number of rotatable bonds is 2. The Morgan fingerprint density at radius 1 is 1.27 bits per heavy atom. The number of hydrogen-bond donors (Lipinski definition) is 0. The highest BCUT2D eigenvalue weighted by molar-refractivity contribution is 5.89. The Hall–Kier alpha value is -1.38. The van der Waals surface area contributed by atoms with Crippen LogP contribution < -0.4 is 0 Å². The van der Waals surface area contributed by atoms with E-state index in [0.717, 1.165) is 0 Å². The third kappa shape index (κ3) is 3.70. The van der Waals surface area contributed by atoms with Gasteiger partial charge in [0.15, 0.2) is 0 Å². The molecule has 0 radical (unpaired) electrons. The van der Waals surface area contributed by atoms with Gasteiger partial charge < -0.3 is 4.74 Å². The lowest BCUT2D eigenvalue weighted by molar-refractivity contribution is 0.00695. The lowest BCUT2D eigenvalue weighted by Crippen LogP contribution is -2.23. The van der Waals surface area contributed by atoms with Crippen LogP contribution in [0.1, 0.15) is 36.7 Å². The molecule has 3 heteroatoms. The van der Waals surface area contributed by atoms with Crippen molar-refractivity contribution in [1.82, 2.24) is 0 Å². The average molecular weight is 210 g/mol. The summed E-state index contributed by atoms with van der Waals surface area (Å²) in [5, 5.41) is 0. The highest BCUT2D eigenvalue weighted by Gasteiger charge is 2.17. The van der Waals surface area contributed by atoms with Gasteiger partial charge in [0, 0.05) is 0 Å². The monoisotopic (exact) mass is 210 g/mol. The SMILES string of the molecule is CC(C)(C)OC(=O)c1ccc(CF)cc1. The summed E-state index contributed by atoms with van der Waals surface area (Å²) >= 11 is 0. The molecule has 0 aliphatic carbocycles. The summed E-state index contributed by atoms with van der Waals surface area (Å²) in [4.78, 5) is 11.5. The fourth-order valence-corrected chi connectivity index (χ4v) is 1.07. The van der Waals surface area contributed by atoms with E-state index in [1.54, 1.807) is 45.0 Å². The van der Waals surface area contributed by atoms with Gasteiger partial charge in [-0.2, -0.15) is 0 Å². The molecule has 0 atom stereocenters. The smallest absolute Gasteiger partial charge is 0.338 e. The molecule has 0 saturated heterocycles. The largest absolute Gasteiger partial charge is 0.456 e. The third-order valence-corrected chi connectivity index (χ3v) is 1.74. The Morgan fingerprint density at radius 2 is 1.80 bits per heavy atom. The van der Waals surface area contributed by atoms with Crippen LogP contribution in [0.15, 0.2) is 24.3 Å². The summed E-state index contributed by atoms with van der Waals surface area (Å²) in [7, 11) is 0. The molecule has 0 unspecified atom stereocenters. The normalized spacial score (nSPS) is 11.2. The average Bonchev–Trinajstić information content (AvgIpc) is 2.15. The van der Waals surface area contributed by atoms with Gasteiger partial charge in [0.25, 0.3) is 0 Å². The highest BCUT2D eigenvalue weighted by Crippen LogP contribution is 2.13. The van der Waals surface area contributed by atoms with E-state index in [2.05, 4.69) is 0 Å². The zero-order valence-corrected chi connectivity index (χ0v) is 9.21. The highest BCUT2D eigenvalue weighted by atomic mass is 19.1. The van der Waals surface area contributed by atoms with Gasteiger partial charge in [-0.15, -0.1) is 0 Å². The molecule has 0 saturated carbocycles. The van der Waals surface area contributed by atoms with Crippen molar-refractivity contribution in [2.75, 3.05) is 0 Å². The van der Waals surface area contributed by atoms with Crippen LogP contribution in [0.25, 0.3) is 0 Å². The van der Waals surface area contributed by atoms with E-state index in [-0.39, 0.29) is 5.97 Å². The molecule has 1 rings (SSSR count). The van der Waals surface area contributed by atoms with Gasteiger partial charge in [0.2, 0.25) is 0 Å². The number of halogens is 1. The van der Waals surface area contributed by atoms with Gasteiger partial charge in [-0.3, -0.25) is 0 Å². The molecule has 0 fully saturated rings. The molecule has 0 spiro atoms. The maximum atomic E-state index is 12.2. The number of esters is 1. The van der Waals surface area contributed by atoms with Gasteiger partial charge in [-0.25, -0.2) is 9.18 Å². The minimum atomic E-state index is -0.519. The van der Waals surface area contributed by atoms with Crippen LogP contribution in [0.5, 0.6) is 0 Å². The number of carbonyl (C=O) groups is 1. The van der Waals surface area contributed by atoms with Gasteiger partial charge in [-0.1, -0.05) is 12.1 Å². The van der Waals surface area contributed by atoms with Crippen LogP contribution in [-0.2, 0) is 11.4 Å². The Bertz CT molecular complexity index is 336. The van der Waals surface area contributed by atoms with Gasteiger partial charge in [0.05, 0.1) is 5.56 Å². The van der Waals surface area contributed by atoms with Gasteiger partial charge in [0.1, 0.15) is 12.3 Å². The number of ether oxygens (including phenoxy) is 1. The second kappa shape index (κ2) is 4.43. The summed E-state index contributed by atoms with van der Waals surface area (Å²) in [6.07, 6.45) is 0. The van der Waals surface area contributed by atoms with Crippen molar-refractivity contribution in [2.45, 2.75) is 33.0 Å². The van der Waals surface area contributed by atoms with Crippen LogP contribution >= 0.6 is 0 Å². The molecule has 82 valence electrons. The zero-order chi connectivity index (χ0) is 11.5. The molecule has 0 aliphatic rings. The minimum absolute atomic E-state index is 0.382. The maximum absolute atomic E-state index is 12.2. The first-order valence-electron chi connectivity index (χ1n) is 4.80. The predicted molar refractivity (Wildman–Crippen MR) is 56.4 cm³/mol. The van der Waals surface area contributed by atoms with Crippen molar-refractivity contribution in [2.24, 2.45) is 0 Å². The molecule has 1 aromatic carbocycles. The van der Waals surface area contributed by atoms with Crippen molar-refractivity contribution in [3.8, 4) is 0 Å². The molecule has 0 amide bonds. The summed E-state index contributed by atoms with van der Waals surface area (Å²) in [5.74, 6) is -0.382. The Morgan fingerprint density at radius 3 is 2.20 bits per heavy atom. The molecular formula is C12H15FO2. The first kappa shape index (κ1) is 11.7. The Labute approximate surface area is 89.1 Å². The standard InChI is InChI=1S/C12H15FO2/c1-12(2,3)15-11(14)10-6-4-9(8-13)5-7-10/h4-7H,8H2,1-3H3. The maximum Gasteiger partial charge on any atom is 0.338 e. The first-order valence-corrected chi connectivity index (χ1v) is 4.80. The number of alkyl halides is 1. The lowest BCUT2D eigenvalue weighted by Gasteiger charge is -2.19. The second-order valence-electron chi connectivity index (χ2n) is 4.33. The molecule has 0 aromatic heterocycles. The van der Waals surface area contributed by atoms with E-state index in [0.29, 0.717) is 11.1 Å². The van der Waals surface area contributed by atoms with Crippen LogP contribution in [-0.4, -0.2) is 11.6 Å².